The average molecular weight is 593 g/mol. The van der Waals surface area contributed by atoms with Crippen LogP contribution >= 0.6 is 0 Å². The van der Waals surface area contributed by atoms with E-state index in [-0.39, 0.29) is 37.1 Å². The predicted octanol–water partition coefficient (Wildman–Crippen LogP) is 5.38. The molecule has 0 radical (unpaired) electrons. The van der Waals surface area contributed by atoms with Gasteiger partial charge < -0.3 is 36.6 Å². The highest BCUT2D eigenvalue weighted by Crippen LogP contribution is 2.32. The number of phenolic OH excluding ortho intramolecular Hbond substituents is 1. The van der Waals surface area contributed by atoms with E-state index >= 15 is 4.39 Å². The summed E-state index contributed by atoms with van der Waals surface area (Å²) in [7, 11) is 0. The van der Waals surface area contributed by atoms with Crippen LogP contribution in [0, 0.1) is 5.82 Å². The lowest BCUT2D eigenvalue weighted by Crippen LogP contribution is -2.09. The Hall–Kier alpha value is -5.59. The maximum Gasteiger partial charge on any atom is 0.229 e. The molecule has 0 aliphatic rings. The van der Waals surface area contributed by atoms with Crippen molar-refractivity contribution in [1.29, 1.82) is 0 Å². The quantitative estimate of drug-likeness (QED) is 0.103. The molecule has 222 valence electrons. The Labute approximate surface area is 251 Å². The minimum atomic E-state index is -0.496. The van der Waals surface area contributed by atoms with Gasteiger partial charge in [-0.3, -0.25) is 0 Å². The third kappa shape index (κ3) is 6.26. The van der Waals surface area contributed by atoms with Gasteiger partial charge in [0.15, 0.2) is 0 Å². The van der Waals surface area contributed by atoms with E-state index in [0.29, 0.717) is 51.8 Å². The number of nitrogens with zero attached hydrogens (tertiary/aromatic N) is 4. The first-order valence-corrected chi connectivity index (χ1v) is 13.9. The smallest absolute Gasteiger partial charge is 0.229 e. The van der Waals surface area contributed by atoms with E-state index in [1.165, 1.54) is 6.07 Å². The predicted molar refractivity (Wildman–Crippen MR) is 170 cm³/mol. The molecule has 0 spiro atoms. The lowest BCUT2D eigenvalue weighted by atomic mass is 10.0. The first-order valence-electron chi connectivity index (χ1n) is 13.9. The highest BCUT2D eigenvalue weighted by Gasteiger charge is 2.13. The molecule has 0 aliphatic heterocycles. The lowest BCUT2D eigenvalue weighted by Gasteiger charge is -2.14. The Morgan fingerprint density at radius 3 is 2.00 bits per heavy atom. The van der Waals surface area contributed by atoms with Gasteiger partial charge in [0.25, 0.3) is 0 Å². The molecule has 11 nitrogen and oxygen atoms in total. The number of aliphatic hydroxyl groups excluding tert-OH is 2. The van der Waals surface area contributed by atoms with Crippen molar-refractivity contribution in [3.05, 3.63) is 90.7 Å². The van der Waals surface area contributed by atoms with Crippen LogP contribution in [0.15, 0.2) is 84.9 Å². The number of hydrogen-bond donors (Lipinski definition) is 7. The van der Waals surface area contributed by atoms with Crippen LogP contribution in [0.5, 0.6) is 5.75 Å². The summed E-state index contributed by atoms with van der Waals surface area (Å²) in [4.78, 5) is 18.2. The number of aromatic nitrogens is 4. The standard InChI is InChI=1S/C32H29FN8O3/c33-25-17-20(9-11-28(25)39-32-37-26-7-2-1-6-23(26)29(40-32)34-12-14-42)19-8-10-27-24(16-19)30(35-13-15-43)41-31(38-27)36-21-4-3-5-22(44)18-21/h1-11,16-18,42-44H,12-15H2,(H2,34,37,39,40)(H2,35,36,38,41). The first-order chi connectivity index (χ1) is 21.5. The highest BCUT2D eigenvalue weighted by atomic mass is 19.1. The molecule has 0 atom stereocenters. The second kappa shape index (κ2) is 12.7. The molecule has 0 unspecified atom stereocenters. The van der Waals surface area contributed by atoms with E-state index in [9.17, 15) is 15.3 Å². The zero-order valence-electron chi connectivity index (χ0n) is 23.4. The van der Waals surface area contributed by atoms with Crippen LogP contribution in [0.2, 0.25) is 0 Å². The van der Waals surface area contributed by atoms with Crippen molar-refractivity contribution < 1.29 is 19.7 Å². The number of para-hydroxylation sites is 1. The van der Waals surface area contributed by atoms with E-state index in [1.54, 1.807) is 36.4 Å². The fourth-order valence-electron chi connectivity index (χ4n) is 4.74. The summed E-state index contributed by atoms with van der Waals surface area (Å²) in [5.41, 5.74) is 3.50. The molecule has 0 aliphatic carbocycles. The topological polar surface area (TPSA) is 160 Å². The summed E-state index contributed by atoms with van der Waals surface area (Å²) >= 11 is 0. The van der Waals surface area contributed by atoms with Gasteiger partial charge in [-0.1, -0.05) is 30.3 Å². The molecule has 7 N–H and O–H groups in total. The minimum absolute atomic E-state index is 0.0613. The summed E-state index contributed by atoms with van der Waals surface area (Å²) in [5.74, 6) is 1.17. The van der Waals surface area contributed by atoms with Crippen LogP contribution in [0.25, 0.3) is 32.9 Å². The largest absolute Gasteiger partial charge is 0.508 e. The summed E-state index contributed by atoms with van der Waals surface area (Å²) in [6, 6.07) is 24.4. The average Bonchev–Trinajstić information content (AvgIpc) is 3.03. The van der Waals surface area contributed by atoms with Gasteiger partial charge in [0.2, 0.25) is 11.9 Å². The second-order valence-electron chi connectivity index (χ2n) is 9.84. The Bertz CT molecular complexity index is 1960. The maximum atomic E-state index is 15.4. The van der Waals surface area contributed by atoms with Gasteiger partial charge in [-0.05, 0) is 59.7 Å². The molecule has 0 saturated carbocycles. The molecule has 4 aromatic carbocycles. The van der Waals surface area contributed by atoms with Gasteiger partial charge in [0.05, 0.1) is 29.9 Å². The van der Waals surface area contributed by atoms with Crippen molar-refractivity contribution in [2.24, 2.45) is 0 Å². The van der Waals surface area contributed by atoms with Crippen molar-refractivity contribution in [3.63, 3.8) is 0 Å². The Balaban J connectivity index is 1.29. The number of rotatable bonds is 11. The first kappa shape index (κ1) is 28.5. The molecular weight excluding hydrogens is 563 g/mol. The third-order valence-corrected chi connectivity index (χ3v) is 6.76. The number of hydrogen-bond acceptors (Lipinski definition) is 11. The second-order valence-corrected chi connectivity index (χ2v) is 9.84. The van der Waals surface area contributed by atoms with Gasteiger partial charge in [0, 0.05) is 35.6 Å². The number of halogens is 1. The molecule has 6 aromatic rings. The van der Waals surface area contributed by atoms with Gasteiger partial charge >= 0.3 is 0 Å². The number of nitrogens with one attached hydrogen (secondary N) is 4. The molecule has 0 bridgehead atoms. The van der Waals surface area contributed by atoms with Crippen LogP contribution in [0.1, 0.15) is 0 Å². The molecule has 0 amide bonds. The fourth-order valence-corrected chi connectivity index (χ4v) is 4.74. The Morgan fingerprint density at radius 2 is 1.27 bits per heavy atom. The van der Waals surface area contributed by atoms with Crippen molar-refractivity contribution >= 4 is 56.7 Å². The van der Waals surface area contributed by atoms with E-state index in [0.717, 1.165) is 10.9 Å². The van der Waals surface area contributed by atoms with E-state index < -0.39 is 5.82 Å². The lowest BCUT2D eigenvalue weighted by molar-refractivity contribution is 0.310. The summed E-state index contributed by atoms with van der Waals surface area (Å²) in [6.07, 6.45) is 0. The molecule has 44 heavy (non-hydrogen) atoms. The van der Waals surface area contributed by atoms with Gasteiger partial charge in [-0.25, -0.2) is 14.4 Å². The molecule has 0 fully saturated rings. The zero-order chi connectivity index (χ0) is 30.5. The Kier molecular flexibility index (Phi) is 8.25. The number of fused-ring (bicyclic) bond motifs is 2. The monoisotopic (exact) mass is 592 g/mol. The maximum absolute atomic E-state index is 15.4. The van der Waals surface area contributed by atoms with Crippen LogP contribution in [-0.2, 0) is 0 Å². The fraction of sp³-hybridized carbons (Fsp3) is 0.125. The third-order valence-electron chi connectivity index (χ3n) is 6.76. The summed E-state index contributed by atoms with van der Waals surface area (Å²) in [6.45, 7) is 0.423. The Morgan fingerprint density at radius 1 is 0.614 bits per heavy atom. The molecule has 2 heterocycles. The van der Waals surface area contributed by atoms with Crippen molar-refractivity contribution in [3.8, 4) is 16.9 Å². The number of phenols is 1. The van der Waals surface area contributed by atoms with Gasteiger partial charge in [-0.15, -0.1) is 0 Å². The SMILES string of the molecule is OCCNc1nc(Nc2cccc(O)c2)nc2ccc(-c3ccc(Nc4nc(NCCO)c5ccccc5n4)c(F)c3)cc12. The normalized spacial score (nSPS) is 11.1. The number of anilines is 6. The van der Waals surface area contributed by atoms with Gasteiger partial charge in [0.1, 0.15) is 23.2 Å². The molecule has 12 heteroatoms. The summed E-state index contributed by atoms with van der Waals surface area (Å²) < 4.78 is 15.4. The van der Waals surface area contributed by atoms with E-state index in [4.69, 9.17) is 0 Å². The number of aliphatic hydroxyl groups is 2. The molecule has 2 aromatic heterocycles. The van der Waals surface area contributed by atoms with Crippen molar-refractivity contribution in [1.82, 2.24) is 19.9 Å². The van der Waals surface area contributed by atoms with Crippen molar-refractivity contribution in [2.45, 2.75) is 0 Å². The van der Waals surface area contributed by atoms with E-state index in [1.807, 2.05) is 42.5 Å². The van der Waals surface area contributed by atoms with Crippen LogP contribution in [0.4, 0.5) is 39.3 Å². The zero-order valence-corrected chi connectivity index (χ0v) is 23.4. The highest BCUT2D eigenvalue weighted by molar-refractivity contribution is 5.94. The molecular formula is C32H29FN8O3. The minimum Gasteiger partial charge on any atom is -0.508 e. The number of benzene rings is 4. The van der Waals surface area contributed by atoms with Crippen LogP contribution < -0.4 is 21.3 Å². The molecule has 6 rings (SSSR count). The van der Waals surface area contributed by atoms with Crippen LogP contribution in [0.3, 0.4) is 0 Å². The van der Waals surface area contributed by atoms with Gasteiger partial charge in [-0.2, -0.15) is 9.97 Å². The van der Waals surface area contributed by atoms with E-state index in [2.05, 4.69) is 41.2 Å². The van der Waals surface area contributed by atoms with Crippen molar-refractivity contribution in [2.75, 3.05) is 47.6 Å². The molecule has 0 saturated heterocycles. The van der Waals surface area contributed by atoms with Crippen LogP contribution in [-0.4, -0.2) is 61.6 Å². The summed E-state index contributed by atoms with van der Waals surface area (Å²) in [5, 5.41) is 42.2. The number of aromatic hydroxyl groups is 1.